The van der Waals surface area contributed by atoms with E-state index in [2.05, 4.69) is 0 Å². The summed E-state index contributed by atoms with van der Waals surface area (Å²) in [7, 11) is 0. The summed E-state index contributed by atoms with van der Waals surface area (Å²) in [6, 6.07) is 6.01. The maximum atomic E-state index is 12.6. The molecule has 1 aliphatic rings. The van der Waals surface area contributed by atoms with Crippen molar-refractivity contribution in [2.75, 3.05) is 0 Å². The van der Waals surface area contributed by atoms with Gasteiger partial charge in [0, 0.05) is 6.07 Å². The molecule has 0 N–H and O–H groups in total. The Kier molecular flexibility index (Phi) is 3.35. The van der Waals surface area contributed by atoms with Crippen molar-refractivity contribution in [3.8, 4) is 0 Å². The molecule has 6 heteroatoms. The quantitative estimate of drug-likeness (QED) is 0.362. The SMILES string of the molecule is CC1(C)C(=O)O[C@H](c2ccccc2[N+](=O)[O-])C(C)(C)C1=O. The molecule has 6 nitrogen and oxygen atoms in total. The summed E-state index contributed by atoms with van der Waals surface area (Å²) >= 11 is 0. The molecule has 0 saturated carbocycles. The predicted molar refractivity (Wildman–Crippen MR) is 74.5 cm³/mol. The number of ketones is 1. The van der Waals surface area contributed by atoms with Crippen molar-refractivity contribution in [1.82, 2.24) is 0 Å². The van der Waals surface area contributed by atoms with Crippen molar-refractivity contribution >= 4 is 17.4 Å². The maximum absolute atomic E-state index is 12.6. The zero-order valence-corrected chi connectivity index (χ0v) is 12.4. The number of carbonyl (C=O) groups is 2. The van der Waals surface area contributed by atoms with E-state index in [1.807, 2.05) is 0 Å². The van der Waals surface area contributed by atoms with Crippen molar-refractivity contribution in [1.29, 1.82) is 0 Å². The highest BCUT2D eigenvalue weighted by Gasteiger charge is 2.56. The Balaban J connectivity index is 2.58. The van der Waals surface area contributed by atoms with Gasteiger partial charge in [0.25, 0.3) is 5.69 Å². The lowest BCUT2D eigenvalue weighted by atomic mass is 9.67. The number of rotatable bonds is 2. The van der Waals surface area contributed by atoms with Crippen LogP contribution in [0.3, 0.4) is 0 Å². The Hall–Kier alpha value is -2.24. The number of nitro groups is 1. The largest absolute Gasteiger partial charge is 0.455 e. The topological polar surface area (TPSA) is 86.5 Å². The minimum absolute atomic E-state index is 0.157. The second-order valence-electron chi connectivity index (χ2n) is 6.28. The molecule has 0 aromatic heterocycles. The van der Waals surface area contributed by atoms with Crippen LogP contribution in [0.4, 0.5) is 5.69 Å². The first-order valence-electron chi connectivity index (χ1n) is 6.59. The van der Waals surface area contributed by atoms with Crippen LogP contribution >= 0.6 is 0 Å². The first kappa shape index (κ1) is 15.2. The molecule has 1 fully saturated rings. The lowest BCUT2D eigenvalue weighted by molar-refractivity contribution is -0.386. The summed E-state index contributed by atoms with van der Waals surface area (Å²) in [5.41, 5.74) is -2.20. The van der Waals surface area contributed by atoms with Crippen LogP contribution in [0, 0.1) is 20.9 Å². The Bertz CT molecular complexity index is 633. The molecule has 0 amide bonds. The van der Waals surface area contributed by atoms with Gasteiger partial charge in [0.2, 0.25) is 0 Å². The van der Waals surface area contributed by atoms with Gasteiger partial charge in [0.1, 0.15) is 11.5 Å². The third-order valence-corrected chi connectivity index (χ3v) is 3.96. The molecule has 1 aliphatic heterocycles. The fourth-order valence-electron chi connectivity index (χ4n) is 2.75. The number of hydrogen-bond acceptors (Lipinski definition) is 5. The van der Waals surface area contributed by atoms with Crippen LogP contribution in [0.2, 0.25) is 0 Å². The zero-order chi connectivity index (χ0) is 16.0. The summed E-state index contributed by atoms with van der Waals surface area (Å²) < 4.78 is 5.40. The van der Waals surface area contributed by atoms with Crippen LogP contribution in [0.25, 0.3) is 0 Å². The summed E-state index contributed by atoms with van der Waals surface area (Å²) in [5.74, 6) is -0.940. The molecule has 21 heavy (non-hydrogen) atoms. The Labute approximate surface area is 122 Å². The van der Waals surface area contributed by atoms with Gasteiger partial charge < -0.3 is 4.74 Å². The number of cyclic esters (lactones) is 1. The van der Waals surface area contributed by atoms with E-state index in [1.165, 1.54) is 32.0 Å². The molecule has 1 saturated heterocycles. The molecule has 0 bridgehead atoms. The summed E-state index contributed by atoms with van der Waals surface area (Å²) in [5, 5.41) is 11.1. The third kappa shape index (κ3) is 2.20. The number of benzene rings is 1. The summed E-state index contributed by atoms with van der Waals surface area (Å²) in [6.07, 6.45) is -0.966. The van der Waals surface area contributed by atoms with Gasteiger partial charge in [-0.3, -0.25) is 19.7 Å². The average Bonchev–Trinajstić information content (AvgIpc) is 2.41. The molecular formula is C15H17NO5. The molecule has 1 atom stereocenters. The van der Waals surface area contributed by atoms with Crippen LogP contribution in [-0.2, 0) is 14.3 Å². The van der Waals surface area contributed by atoms with Gasteiger partial charge in [-0.05, 0) is 33.8 Å². The smallest absolute Gasteiger partial charge is 0.319 e. The van der Waals surface area contributed by atoms with Crippen LogP contribution < -0.4 is 0 Å². The van der Waals surface area contributed by atoms with E-state index >= 15 is 0 Å². The van der Waals surface area contributed by atoms with Gasteiger partial charge >= 0.3 is 5.97 Å². The third-order valence-electron chi connectivity index (χ3n) is 3.96. The number of carbonyl (C=O) groups excluding carboxylic acids is 2. The van der Waals surface area contributed by atoms with E-state index in [1.54, 1.807) is 19.9 Å². The lowest BCUT2D eigenvalue weighted by Crippen LogP contribution is -2.52. The summed E-state index contributed by atoms with van der Waals surface area (Å²) in [4.78, 5) is 35.2. The molecule has 0 spiro atoms. The Morgan fingerprint density at radius 3 is 2.29 bits per heavy atom. The molecule has 2 rings (SSSR count). The first-order valence-corrected chi connectivity index (χ1v) is 6.59. The van der Waals surface area contributed by atoms with Crippen LogP contribution in [-0.4, -0.2) is 16.7 Å². The van der Waals surface area contributed by atoms with Gasteiger partial charge in [0.05, 0.1) is 15.9 Å². The number of nitrogens with zero attached hydrogens (tertiary/aromatic N) is 1. The molecule has 0 unspecified atom stereocenters. The monoisotopic (exact) mass is 291 g/mol. The predicted octanol–water partition coefficient (Wildman–Crippen LogP) is 2.81. The van der Waals surface area contributed by atoms with Crippen molar-refractivity contribution in [2.45, 2.75) is 33.8 Å². The number of nitro benzene ring substituents is 1. The maximum Gasteiger partial charge on any atom is 0.319 e. The van der Waals surface area contributed by atoms with E-state index in [9.17, 15) is 19.7 Å². The lowest BCUT2D eigenvalue weighted by Gasteiger charge is -2.42. The van der Waals surface area contributed by atoms with E-state index in [4.69, 9.17) is 4.74 Å². The fourth-order valence-corrected chi connectivity index (χ4v) is 2.75. The molecule has 1 aromatic carbocycles. The van der Waals surface area contributed by atoms with Gasteiger partial charge in [-0.25, -0.2) is 0 Å². The van der Waals surface area contributed by atoms with Gasteiger partial charge in [-0.1, -0.05) is 12.1 Å². The first-order chi connectivity index (χ1) is 9.60. The normalized spacial score (nSPS) is 23.5. The Morgan fingerprint density at radius 1 is 1.14 bits per heavy atom. The number of para-hydroxylation sites is 1. The Morgan fingerprint density at radius 2 is 1.71 bits per heavy atom. The average molecular weight is 291 g/mol. The molecule has 112 valence electrons. The number of hydrogen-bond donors (Lipinski definition) is 0. The van der Waals surface area contributed by atoms with Crippen molar-refractivity contribution in [3.63, 3.8) is 0 Å². The van der Waals surface area contributed by atoms with Crippen molar-refractivity contribution in [3.05, 3.63) is 39.9 Å². The van der Waals surface area contributed by atoms with Crippen molar-refractivity contribution in [2.24, 2.45) is 10.8 Å². The van der Waals surface area contributed by atoms with Crippen LogP contribution in [0.15, 0.2) is 24.3 Å². The van der Waals surface area contributed by atoms with Gasteiger partial charge in [-0.15, -0.1) is 0 Å². The van der Waals surface area contributed by atoms with E-state index in [-0.39, 0.29) is 17.0 Å². The van der Waals surface area contributed by atoms with E-state index in [0.717, 1.165) is 0 Å². The number of Topliss-reactive ketones (excluding diaryl/α,β-unsaturated/α-hetero) is 1. The highest BCUT2D eigenvalue weighted by Crippen LogP contribution is 2.49. The minimum Gasteiger partial charge on any atom is -0.455 e. The van der Waals surface area contributed by atoms with Crippen LogP contribution in [0.1, 0.15) is 39.4 Å². The molecule has 1 heterocycles. The minimum atomic E-state index is -1.25. The van der Waals surface area contributed by atoms with Crippen LogP contribution in [0.5, 0.6) is 0 Å². The van der Waals surface area contributed by atoms with Gasteiger partial charge in [0.15, 0.2) is 5.78 Å². The highest BCUT2D eigenvalue weighted by molar-refractivity contribution is 6.07. The molecule has 1 aromatic rings. The number of esters is 1. The summed E-state index contributed by atoms with van der Waals surface area (Å²) in [6.45, 7) is 6.31. The molecular weight excluding hydrogens is 274 g/mol. The second kappa shape index (κ2) is 4.65. The number of ether oxygens (including phenoxy) is 1. The van der Waals surface area contributed by atoms with E-state index < -0.39 is 27.8 Å². The standard InChI is InChI=1S/C15H17NO5/c1-14(2)11(21-13(18)15(3,4)12(14)17)9-7-5-6-8-10(9)16(19)20/h5-8,11H,1-4H3/t11-/m1/s1. The zero-order valence-electron chi connectivity index (χ0n) is 12.4. The second-order valence-corrected chi connectivity index (χ2v) is 6.28. The molecule has 0 aliphatic carbocycles. The van der Waals surface area contributed by atoms with E-state index in [0.29, 0.717) is 0 Å². The molecule has 0 radical (unpaired) electrons. The van der Waals surface area contributed by atoms with Crippen molar-refractivity contribution < 1.29 is 19.2 Å². The highest BCUT2D eigenvalue weighted by atomic mass is 16.6. The fraction of sp³-hybridized carbons (Fsp3) is 0.467. The van der Waals surface area contributed by atoms with Gasteiger partial charge in [-0.2, -0.15) is 0 Å².